The number of aliphatic hydroxyl groups excluding tert-OH is 1. The Balaban J connectivity index is 2.06. The van der Waals surface area contributed by atoms with Crippen LogP contribution in [0, 0.1) is 6.92 Å². The molecule has 2 heterocycles. The van der Waals surface area contributed by atoms with Crippen LogP contribution < -0.4 is 0 Å². The molecule has 0 aliphatic carbocycles. The summed E-state index contributed by atoms with van der Waals surface area (Å²) in [5.41, 5.74) is 5.15. The minimum Gasteiger partial charge on any atom is -0.387 e. The summed E-state index contributed by atoms with van der Waals surface area (Å²) in [5.74, 6) is 0. The summed E-state index contributed by atoms with van der Waals surface area (Å²) in [5, 5.41) is 10.1. The summed E-state index contributed by atoms with van der Waals surface area (Å²) in [6.45, 7) is 3.87. The number of benzene rings is 1. The first-order chi connectivity index (χ1) is 9.65. The van der Waals surface area contributed by atoms with Gasteiger partial charge in [-0.3, -0.25) is 0 Å². The summed E-state index contributed by atoms with van der Waals surface area (Å²) in [6, 6.07) is 14.3. The van der Waals surface area contributed by atoms with E-state index in [1.54, 1.807) is 6.92 Å². The van der Waals surface area contributed by atoms with E-state index in [4.69, 9.17) is 0 Å². The predicted molar refractivity (Wildman–Crippen MR) is 79.8 cm³/mol. The molecule has 3 aromatic rings. The molecule has 3 nitrogen and oxygen atoms in total. The molecule has 0 fully saturated rings. The molecule has 2 aromatic heterocycles. The van der Waals surface area contributed by atoms with Crippen LogP contribution in [0.2, 0.25) is 0 Å². The van der Waals surface area contributed by atoms with Crippen LogP contribution in [-0.4, -0.2) is 14.5 Å². The van der Waals surface area contributed by atoms with Gasteiger partial charge in [0.1, 0.15) is 5.65 Å². The lowest BCUT2D eigenvalue weighted by Crippen LogP contribution is -2.02. The molecule has 1 atom stereocenters. The predicted octanol–water partition coefficient (Wildman–Crippen LogP) is 3.29. The smallest absolute Gasteiger partial charge is 0.137 e. The van der Waals surface area contributed by atoms with E-state index in [-0.39, 0.29) is 0 Å². The van der Waals surface area contributed by atoms with E-state index >= 15 is 0 Å². The van der Waals surface area contributed by atoms with Crippen LogP contribution in [0.25, 0.3) is 5.65 Å². The summed E-state index contributed by atoms with van der Waals surface area (Å²) in [6.07, 6.45) is 2.15. The van der Waals surface area contributed by atoms with E-state index in [2.05, 4.69) is 36.2 Å². The molecule has 0 saturated carbocycles. The van der Waals surface area contributed by atoms with Crippen LogP contribution >= 0.6 is 0 Å². The number of aromatic nitrogens is 2. The molecule has 0 bridgehead atoms. The first-order valence-electron chi connectivity index (χ1n) is 6.84. The standard InChI is InChI=1S/C17H18N2O/c1-12-6-8-14(9-7-12)11-15-17(13(2)20)19-10-4-3-5-16(19)18-15/h3-10,13,20H,11H2,1-2H3. The van der Waals surface area contributed by atoms with Gasteiger partial charge in [-0.05, 0) is 31.5 Å². The van der Waals surface area contributed by atoms with Crippen molar-refractivity contribution >= 4 is 5.65 Å². The monoisotopic (exact) mass is 266 g/mol. The Kier molecular flexibility index (Phi) is 3.28. The third-order valence-electron chi connectivity index (χ3n) is 3.53. The number of pyridine rings is 1. The van der Waals surface area contributed by atoms with Crippen molar-refractivity contribution < 1.29 is 5.11 Å². The first-order valence-corrected chi connectivity index (χ1v) is 6.84. The van der Waals surface area contributed by atoms with Crippen molar-refractivity contribution in [2.75, 3.05) is 0 Å². The van der Waals surface area contributed by atoms with Gasteiger partial charge in [0.15, 0.2) is 0 Å². The molecule has 0 amide bonds. The van der Waals surface area contributed by atoms with E-state index in [0.29, 0.717) is 0 Å². The Bertz CT molecular complexity index is 726. The van der Waals surface area contributed by atoms with Crippen LogP contribution in [0.3, 0.4) is 0 Å². The Morgan fingerprint density at radius 3 is 2.60 bits per heavy atom. The molecule has 1 unspecified atom stereocenters. The number of nitrogens with zero attached hydrogens (tertiary/aromatic N) is 2. The molecule has 3 rings (SSSR count). The molecule has 3 heteroatoms. The highest BCUT2D eigenvalue weighted by Gasteiger charge is 2.16. The second-order valence-electron chi connectivity index (χ2n) is 5.21. The molecule has 0 saturated heterocycles. The van der Waals surface area contributed by atoms with Gasteiger partial charge in [-0.1, -0.05) is 35.9 Å². The van der Waals surface area contributed by atoms with E-state index in [9.17, 15) is 5.11 Å². The van der Waals surface area contributed by atoms with Gasteiger partial charge in [-0.2, -0.15) is 0 Å². The van der Waals surface area contributed by atoms with E-state index in [1.807, 2.05) is 28.8 Å². The van der Waals surface area contributed by atoms with Crippen LogP contribution in [0.5, 0.6) is 0 Å². The second-order valence-corrected chi connectivity index (χ2v) is 5.21. The van der Waals surface area contributed by atoms with Gasteiger partial charge in [-0.15, -0.1) is 0 Å². The van der Waals surface area contributed by atoms with Crippen molar-refractivity contribution in [2.45, 2.75) is 26.4 Å². The van der Waals surface area contributed by atoms with Crippen molar-refractivity contribution in [1.29, 1.82) is 0 Å². The number of hydrogen-bond acceptors (Lipinski definition) is 2. The third-order valence-corrected chi connectivity index (χ3v) is 3.53. The number of rotatable bonds is 3. The zero-order valence-corrected chi connectivity index (χ0v) is 11.7. The highest BCUT2D eigenvalue weighted by Crippen LogP contribution is 2.22. The normalized spacial score (nSPS) is 12.8. The topological polar surface area (TPSA) is 37.5 Å². The summed E-state index contributed by atoms with van der Waals surface area (Å²) in [7, 11) is 0. The van der Waals surface area contributed by atoms with E-state index in [1.165, 1.54) is 11.1 Å². The third kappa shape index (κ3) is 2.32. The fraction of sp³-hybridized carbons (Fsp3) is 0.235. The largest absolute Gasteiger partial charge is 0.387 e. The van der Waals surface area contributed by atoms with Gasteiger partial charge in [0, 0.05) is 12.6 Å². The summed E-state index contributed by atoms with van der Waals surface area (Å²) >= 11 is 0. The van der Waals surface area contributed by atoms with Gasteiger partial charge < -0.3 is 9.51 Å². The van der Waals surface area contributed by atoms with Crippen molar-refractivity contribution in [3.8, 4) is 0 Å². The fourth-order valence-corrected chi connectivity index (χ4v) is 2.54. The molecule has 0 radical (unpaired) electrons. The Hall–Kier alpha value is -2.13. The number of fused-ring (bicyclic) bond motifs is 1. The van der Waals surface area contributed by atoms with Crippen molar-refractivity contribution in [1.82, 2.24) is 9.38 Å². The van der Waals surface area contributed by atoms with Gasteiger partial charge in [0.05, 0.1) is 17.5 Å². The van der Waals surface area contributed by atoms with Crippen molar-refractivity contribution in [3.05, 3.63) is 71.2 Å². The van der Waals surface area contributed by atoms with E-state index in [0.717, 1.165) is 23.5 Å². The Morgan fingerprint density at radius 2 is 1.90 bits per heavy atom. The second kappa shape index (κ2) is 5.10. The lowest BCUT2D eigenvalue weighted by Gasteiger charge is -2.08. The lowest BCUT2D eigenvalue weighted by molar-refractivity contribution is 0.192. The highest BCUT2D eigenvalue weighted by molar-refractivity contribution is 5.45. The zero-order chi connectivity index (χ0) is 14.1. The molecule has 0 aliphatic heterocycles. The molecular formula is C17H18N2O. The number of imidazole rings is 1. The molecular weight excluding hydrogens is 248 g/mol. The van der Waals surface area contributed by atoms with Gasteiger partial charge in [-0.25, -0.2) is 4.98 Å². The maximum atomic E-state index is 10.1. The molecule has 102 valence electrons. The lowest BCUT2D eigenvalue weighted by atomic mass is 10.1. The SMILES string of the molecule is Cc1ccc(Cc2nc3ccccn3c2C(C)O)cc1. The van der Waals surface area contributed by atoms with Crippen molar-refractivity contribution in [2.24, 2.45) is 0 Å². The maximum Gasteiger partial charge on any atom is 0.137 e. The minimum absolute atomic E-state index is 0.534. The Labute approximate surface area is 118 Å². The van der Waals surface area contributed by atoms with Crippen LogP contribution in [-0.2, 0) is 6.42 Å². The van der Waals surface area contributed by atoms with Gasteiger partial charge >= 0.3 is 0 Å². The van der Waals surface area contributed by atoms with Crippen LogP contribution in [0.4, 0.5) is 0 Å². The summed E-state index contributed by atoms with van der Waals surface area (Å²) < 4.78 is 1.97. The van der Waals surface area contributed by atoms with E-state index < -0.39 is 6.10 Å². The fourth-order valence-electron chi connectivity index (χ4n) is 2.54. The average Bonchev–Trinajstić information content (AvgIpc) is 2.79. The average molecular weight is 266 g/mol. The molecule has 1 N–H and O–H groups in total. The molecule has 20 heavy (non-hydrogen) atoms. The number of aliphatic hydroxyl groups is 1. The zero-order valence-electron chi connectivity index (χ0n) is 11.7. The number of hydrogen-bond donors (Lipinski definition) is 1. The van der Waals surface area contributed by atoms with Crippen LogP contribution in [0.15, 0.2) is 48.7 Å². The van der Waals surface area contributed by atoms with Gasteiger partial charge in [0.2, 0.25) is 0 Å². The number of aryl methyl sites for hydroxylation is 1. The summed E-state index contributed by atoms with van der Waals surface area (Å²) in [4.78, 5) is 4.65. The minimum atomic E-state index is -0.534. The molecule has 0 spiro atoms. The molecule has 1 aromatic carbocycles. The quantitative estimate of drug-likeness (QED) is 0.790. The van der Waals surface area contributed by atoms with Crippen LogP contribution in [0.1, 0.15) is 35.5 Å². The Morgan fingerprint density at radius 1 is 1.15 bits per heavy atom. The maximum absolute atomic E-state index is 10.1. The first kappa shape index (κ1) is 12.9. The van der Waals surface area contributed by atoms with Crippen molar-refractivity contribution in [3.63, 3.8) is 0 Å². The molecule has 0 aliphatic rings. The highest BCUT2D eigenvalue weighted by atomic mass is 16.3. The van der Waals surface area contributed by atoms with Gasteiger partial charge in [0.25, 0.3) is 0 Å².